The Morgan fingerprint density at radius 3 is 1.60 bits per heavy atom. The summed E-state index contributed by atoms with van der Waals surface area (Å²) >= 11 is 1.83. The molecule has 0 bridgehead atoms. The first-order valence-electron chi connectivity index (χ1n) is 20.7. The second-order valence-electron chi connectivity index (χ2n) is 15.4. The van der Waals surface area contributed by atoms with Crippen LogP contribution in [0.4, 0.5) is 0 Å². The van der Waals surface area contributed by atoms with E-state index in [1.807, 2.05) is 84.3 Å². The molecule has 0 atom stereocenters. The summed E-state index contributed by atoms with van der Waals surface area (Å²) in [5.74, 6) is 1.77. The SMILES string of the molecule is c1ccc(-c2cccc(-c3cnc(-c4cccc5c4sc4c5ccc5c6ccccc6n(-c6ccccc6)c54)c(-c4nc(-c5ccccc5)nc(-c5ccccc5)n4)c3)c2)cc1. The van der Waals surface area contributed by atoms with Crippen molar-refractivity contribution in [1.82, 2.24) is 24.5 Å². The van der Waals surface area contributed by atoms with E-state index in [1.165, 1.54) is 37.3 Å². The van der Waals surface area contributed by atoms with E-state index in [1.54, 1.807) is 0 Å². The number of rotatable bonds is 7. The molecule has 0 spiro atoms. The lowest BCUT2D eigenvalue weighted by Gasteiger charge is -2.14. The van der Waals surface area contributed by atoms with Gasteiger partial charge in [0.2, 0.25) is 0 Å². The van der Waals surface area contributed by atoms with Crippen molar-refractivity contribution < 1.29 is 0 Å². The summed E-state index contributed by atoms with van der Waals surface area (Å²) in [7, 11) is 0. The molecule has 0 aliphatic rings. The first-order chi connectivity index (χ1) is 30.7. The van der Waals surface area contributed by atoms with Crippen LogP contribution >= 0.6 is 11.3 Å². The van der Waals surface area contributed by atoms with Crippen LogP contribution in [-0.4, -0.2) is 24.5 Å². The van der Waals surface area contributed by atoms with Gasteiger partial charge in [-0.25, -0.2) is 15.0 Å². The van der Waals surface area contributed by atoms with Crippen LogP contribution in [0.25, 0.3) is 115 Å². The number of hydrogen-bond acceptors (Lipinski definition) is 5. The number of benzene rings is 8. The van der Waals surface area contributed by atoms with E-state index in [-0.39, 0.29) is 0 Å². The van der Waals surface area contributed by atoms with Crippen LogP contribution in [0.15, 0.2) is 212 Å². The van der Waals surface area contributed by atoms with Crippen molar-refractivity contribution in [3.05, 3.63) is 212 Å². The Labute approximate surface area is 361 Å². The summed E-state index contributed by atoms with van der Waals surface area (Å²) in [6.07, 6.45) is 2.00. The third-order valence-corrected chi connectivity index (χ3v) is 13.0. The van der Waals surface area contributed by atoms with Gasteiger partial charge >= 0.3 is 0 Å². The Morgan fingerprint density at radius 1 is 0.355 bits per heavy atom. The average Bonchev–Trinajstić information content (AvgIpc) is 3.91. The number of fused-ring (bicyclic) bond motifs is 7. The molecule has 6 heteroatoms. The van der Waals surface area contributed by atoms with E-state index in [4.69, 9.17) is 19.9 Å². The summed E-state index contributed by atoms with van der Waals surface area (Å²) in [6.45, 7) is 0. The van der Waals surface area contributed by atoms with Crippen LogP contribution in [0.3, 0.4) is 0 Å². The van der Waals surface area contributed by atoms with Gasteiger partial charge in [-0.05, 0) is 47.0 Å². The fourth-order valence-electron chi connectivity index (χ4n) is 8.78. The molecule has 12 rings (SSSR count). The summed E-state index contributed by atoms with van der Waals surface area (Å²) in [4.78, 5) is 20.9. The normalized spacial score (nSPS) is 11.5. The van der Waals surface area contributed by atoms with Crippen molar-refractivity contribution >= 4 is 53.3 Å². The summed E-state index contributed by atoms with van der Waals surface area (Å²) in [6, 6.07) is 72.2. The van der Waals surface area contributed by atoms with Crippen molar-refractivity contribution in [2.75, 3.05) is 0 Å². The van der Waals surface area contributed by atoms with Crippen LogP contribution in [0, 0.1) is 0 Å². The first kappa shape index (κ1) is 35.8. The van der Waals surface area contributed by atoms with Gasteiger partial charge < -0.3 is 4.57 Å². The minimum atomic E-state index is 0.561. The van der Waals surface area contributed by atoms with Gasteiger partial charge in [0.15, 0.2) is 17.5 Å². The Hall–Kier alpha value is -8.06. The lowest BCUT2D eigenvalue weighted by Crippen LogP contribution is -2.02. The fraction of sp³-hybridized carbons (Fsp3) is 0. The quantitative estimate of drug-likeness (QED) is 0.161. The smallest absolute Gasteiger partial charge is 0.166 e. The second kappa shape index (κ2) is 14.9. The van der Waals surface area contributed by atoms with Crippen LogP contribution in [0.1, 0.15) is 0 Å². The van der Waals surface area contributed by atoms with Crippen molar-refractivity contribution in [1.29, 1.82) is 0 Å². The highest BCUT2D eigenvalue weighted by molar-refractivity contribution is 7.27. The molecule has 0 unspecified atom stereocenters. The number of nitrogens with zero attached hydrogens (tertiary/aromatic N) is 5. The van der Waals surface area contributed by atoms with Gasteiger partial charge in [0, 0.05) is 65.9 Å². The number of pyridine rings is 1. The molecule has 5 nitrogen and oxygen atoms in total. The molecule has 0 radical (unpaired) electrons. The fourth-order valence-corrected chi connectivity index (χ4v) is 10.1. The van der Waals surface area contributed by atoms with Gasteiger partial charge in [-0.2, -0.15) is 0 Å². The lowest BCUT2D eigenvalue weighted by molar-refractivity contribution is 1.07. The van der Waals surface area contributed by atoms with E-state index >= 15 is 0 Å². The second-order valence-corrected chi connectivity index (χ2v) is 16.4. The van der Waals surface area contributed by atoms with Crippen molar-refractivity contribution in [3.63, 3.8) is 0 Å². The van der Waals surface area contributed by atoms with E-state index in [9.17, 15) is 0 Å². The molecule has 62 heavy (non-hydrogen) atoms. The zero-order valence-electron chi connectivity index (χ0n) is 33.4. The third kappa shape index (κ3) is 6.08. The monoisotopic (exact) mass is 809 g/mol. The maximum absolute atomic E-state index is 5.39. The minimum Gasteiger partial charge on any atom is -0.308 e. The van der Waals surface area contributed by atoms with Crippen molar-refractivity contribution in [3.8, 4) is 73.4 Å². The van der Waals surface area contributed by atoms with Gasteiger partial charge in [-0.3, -0.25) is 4.98 Å². The van der Waals surface area contributed by atoms with Gasteiger partial charge in [-0.1, -0.05) is 176 Å². The van der Waals surface area contributed by atoms with E-state index in [2.05, 4.69) is 144 Å². The Bertz CT molecular complexity index is 3560. The molecule has 4 heterocycles. The molecule has 4 aromatic heterocycles. The highest BCUT2D eigenvalue weighted by Gasteiger charge is 2.23. The molecular weight excluding hydrogens is 775 g/mol. The first-order valence-corrected chi connectivity index (χ1v) is 21.5. The van der Waals surface area contributed by atoms with Crippen LogP contribution in [0.5, 0.6) is 0 Å². The topological polar surface area (TPSA) is 56.5 Å². The molecule has 0 saturated heterocycles. The zero-order chi connectivity index (χ0) is 41.0. The van der Waals surface area contributed by atoms with Crippen molar-refractivity contribution in [2.45, 2.75) is 0 Å². The number of para-hydroxylation sites is 2. The molecule has 0 fully saturated rings. The highest BCUT2D eigenvalue weighted by atomic mass is 32.1. The lowest BCUT2D eigenvalue weighted by atomic mass is 9.96. The van der Waals surface area contributed by atoms with Gasteiger partial charge in [-0.15, -0.1) is 11.3 Å². The van der Waals surface area contributed by atoms with E-state index in [0.29, 0.717) is 17.5 Å². The van der Waals surface area contributed by atoms with Crippen molar-refractivity contribution in [2.24, 2.45) is 0 Å². The third-order valence-electron chi connectivity index (χ3n) is 11.7. The zero-order valence-corrected chi connectivity index (χ0v) is 34.2. The van der Waals surface area contributed by atoms with E-state index in [0.717, 1.165) is 60.6 Å². The summed E-state index contributed by atoms with van der Waals surface area (Å²) in [5.41, 5.74) is 12.4. The maximum Gasteiger partial charge on any atom is 0.166 e. The predicted molar refractivity (Wildman–Crippen MR) is 257 cm³/mol. The minimum absolute atomic E-state index is 0.561. The standard InChI is InChI=1S/C56H35N5S/c1-5-17-36(18-6-1)39-23-15-24-40(33-39)41-34-48(56-59-54(37-19-7-2-8-20-37)58-55(60-56)38-21-9-3-10-22-38)50(57-35-41)47-29-16-28-45-46-32-31-44-43-27-13-14-30-49(43)61(42-25-11-4-12-26-42)51(44)53(46)62-52(45)47/h1-35H. The molecule has 290 valence electrons. The van der Waals surface area contributed by atoms with Crippen LogP contribution < -0.4 is 0 Å². The van der Waals surface area contributed by atoms with Gasteiger partial charge in [0.1, 0.15) is 0 Å². The summed E-state index contributed by atoms with van der Waals surface area (Å²) < 4.78 is 4.82. The highest BCUT2D eigenvalue weighted by Crippen LogP contribution is 2.47. The number of hydrogen-bond donors (Lipinski definition) is 0. The summed E-state index contributed by atoms with van der Waals surface area (Å²) in [5, 5.41) is 4.87. The molecular formula is C56H35N5S. The largest absolute Gasteiger partial charge is 0.308 e. The Balaban J connectivity index is 1.13. The molecule has 0 aliphatic carbocycles. The average molecular weight is 810 g/mol. The molecule has 12 aromatic rings. The molecule has 0 saturated carbocycles. The molecule has 0 aliphatic heterocycles. The predicted octanol–water partition coefficient (Wildman–Crippen LogP) is 14.7. The molecule has 0 amide bonds. The Morgan fingerprint density at radius 2 is 0.887 bits per heavy atom. The molecule has 8 aromatic carbocycles. The number of aromatic nitrogens is 5. The maximum atomic E-state index is 5.39. The van der Waals surface area contributed by atoms with Crippen LogP contribution in [0.2, 0.25) is 0 Å². The number of thiophene rings is 1. The Kier molecular flexibility index (Phi) is 8.61. The van der Waals surface area contributed by atoms with Crippen LogP contribution in [-0.2, 0) is 0 Å². The van der Waals surface area contributed by atoms with Gasteiger partial charge in [0.25, 0.3) is 0 Å². The van der Waals surface area contributed by atoms with Gasteiger partial charge in [0.05, 0.1) is 21.4 Å². The molecule has 0 N–H and O–H groups in total. The van der Waals surface area contributed by atoms with E-state index < -0.39 is 0 Å².